The van der Waals surface area contributed by atoms with Crippen molar-refractivity contribution < 1.29 is 13.9 Å². The Hall–Kier alpha value is -3.26. The highest BCUT2D eigenvalue weighted by atomic mass is 19.1. The van der Waals surface area contributed by atoms with Crippen LogP contribution in [0, 0.1) is 12.7 Å². The van der Waals surface area contributed by atoms with Crippen molar-refractivity contribution in [2.45, 2.75) is 13.5 Å². The third-order valence-electron chi connectivity index (χ3n) is 4.90. The summed E-state index contributed by atoms with van der Waals surface area (Å²) in [4.78, 5) is 22.9. The molecule has 2 aromatic heterocycles. The minimum absolute atomic E-state index is 0.290. The molecule has 0 radical (unpaired) electrons. The molecule has 150 valence electrons. The normalized spacial score (nSPS) is 14.1. The highest BCUT2D eigenvalue weighted by Gasteiger charge is 2.17. The first-order chi connectivity index (χ1) is 14.1. The van der Waals surface area contributed by atoms with Crippen LogP contribution in [-0.4, -0.2) is 46.7 Å². The second kappa shape index (κ2) is 8.40. The van der Waals surface area contributed by atoms with E-state index in [0.717, 1.165) is 17.2 Å². The van der Waals surface area contributed by atoms with E-state index in [1.807, 2.05) is 34.7 Å². The third kappa shape index (κ3) is 4.27. The molecule has 0 aliphatic carbocycles. The number of aryl methyl sites for hydroxylation is 1. The number of halogens is 1. The molecule has 1 saturated heterocycles. The number of ether oxygens (including phenoxy) is 1. The van der Waals surface area contributed by atoms with E-state index in [-0.39, 0.29) is 11.5 Å². The zero-order chi connectivity index (χ0) is 20.2. The minimum atomic E-state index is -0.402. The van der Waals surface area contributed by atoms with Gasteiger partial charge in [0.25, 0.3) is 5.91 Å². The van der Waals surface area contributed by atoms with Gasteiger partial charge >= 0.3 is 0 Å². The van der Waals surface area contributed by atoms with Gasteiger partial charge in [-0.05, 0) is 36.8 Å². The molecule has 0 unspecified atom stereocenters. The number of benzene rings is 1. The smallest absolute Gasteiger partial charge is 0.251 e. The first kappa shape index (κ1) is 19.1. The highest BCUT2D eigenvalue weighted by Crippen LogP contribution is 2.21. The van der Waals surface area contributed by atoms with Crippen LogP contribution in [0.15, 0.2) is 48.9 Å². The second-order valence-electron chi connectivity index (χ2n) is 6.82. The first-order valence-electron chi connectivity index (χ1n) is 9.47. The molecule has 3 aromatic rings. The molecule has 1 aliphatic rings. The summed E-state index contributed by atoms with van der Waals surface area (Å²) in [5.74, 6) is 0.880. The molecule has 7 nitrogen and oxygen atoms in total. The zero-order valence-electron chi connectivity index (χ0n) is 16.1. The molecule has 0 spiro atoms. The number of amides is 1. The van der Waals surface area contributed by atoms with Crippen molar-refractivity contribution >= 4 is 11.6 Å². The average molecular weight is 395 g/mol. The van der Waals surface area contributed by atoms with E-state index in [1.165, 1.54) is 6.07 Å². The van der Waals surface area contributed by atoms with Crippen LogP contribution in [0.5, 0.6) is 0 Å². The maximum absolute atomic E-state index is 14.5. The number of nitrogens with zero attached hydrogens (tertiary/aromatic N) is 4. The number of carbonyl (C=O) groups excluding carboxylic acids is 1. The Morgan fingerprint density at radius 3 is 2.69 bits per heavy atom. The van der Waals surface area contributed by atoms with Gasteiger partial charge in [-0.25, -0.2) is 14.4 Å². The van der Waals surface area contributed by atoms with Crippen LogP contribution in [0.25, 0.3) is 5.82 Å². The summed E-state index contributed by atoms with van der Waals surface area (Å²) in [6, 6.07) is 8.34. The summed E-state index contributed by atoms with van der Waals surface area (Å²) in [6.45, 7) is 4.65. The minimum Gasteiger partial charge on any atom is -0.378 e. The van der Waals surface area contributed by atoms with Gasteiger partial charge in [-0.15, -0.1) is 0 Å². The maximum atomic E-state index is 14.5. The Labute approximate surface area is 168 Å². The lowest BCUT2D eigenvalue weighted by molar-refractivity contribution is 0.0950. The summed E-state index contributed by atoms with van der Waals surface area (Å²) < 4.78 is 21.7. The third-order valence-corrected chi connectivity index (χ3v) is 4.90. The molecule has 0 atom stereocenters. The summed E-state index contributed by atoms with van der Waals surface area (Å²) in [7, 11) is 0. The number of aromatic nitrogens is 3. The predicted octanol–water partition coefficient (Wildman–Crippen LogP) is 2.48. The van der Waals surface area contributed by atoms with Crippen LogP contribution in [0.2, 0.25) is 0 Å². The molecule has 0 bridgehead atoms. The molecule has 1 fully saturated rings. The number of hydrogen-bond acceptors (Lipinski definition) is 5. The first-order valence-corrected chi connectivity index (χ1v) is 9.47. The van der Waals surface area contributed by atoms with Crippen molar-refractivity contribution in [1.29, 1.82) is 0 Å². The number of nitrogens with one attached hydrogen (secondary N) is 1. The van der Waals surface area contributed by atoms with E-state index in [1.54, 1.807) is 24.5 Å². The second-order valence-corrected chi connectivity index (χ2v) is 6.82. The Morgan fingerprint density at radius 2 is 2.03 bits per heavy atom. The van der Waals surface area contributed by atoms with Crippen molar-refractivity contribution in [1.82, 2.24) is 19.9 Å². The molecule has 1 N–H and O–H groups in total. The van der Waals surface area contributed by atoms with Gasteiger partial charge in [-0.1, -0.05) is 6.07 Å². The Morgan fingerprint density at radius 1 is 1.21 bits per heavy atom. The van der Waals surface area contributed by atoms with Crippen LogP contribution in [0.1, 0.15) is 21.7 Å². The molecule has 3 heterocycles. The Balaban J connectivity index is 1.38. The molecule has 29 heavy (non-hydrogen) atoms. The van der Waals surface area contributed by atoms with Crippen LogP contribution in [0.4, 0.5) is 10.1 Å². The molecule has 0 saturated carbocycles. The summed E-state index contributed by atoms with van der Waals surface area (Å²) in [5.41, 5.74) is 1.64. The van der Waals surface area contributed by atoms with Gasteiger partial charge in [0.2, 0.25) is 0 Å². The van der Waals surface area contributed by atoms with Crippen molar-refractivity contribution in [2.24, 2.45) is 0 Å². The number of pyridine rings is 1. The number of morpholine rings is 1. The van der Waals surface area contributed by atoms with Gasteiger partial charge in [-0.2, -0.15) is 0 Å². The highest BCUT2D eigenvalue weighted by molar-refractivity contribution is 5.94. The molecular formula is C21H22FN5O2. The molecule has 8 heteroatoms. The molecule has 1 aliphatic heterocycles. The van der Waals surface area contributed by atoms with Crippen LogP contribution < -0.4 is 10.2 Å². The van der Waals surface area contributed by atoms with Crippen LogP contribution >= 0.6 is 0 Å². The van der Waals surface area contributed by atoms with Gasteiger partial charge in [0, 0.05) is 43.8 Å². The topological polar surface area (TPSA) is 72.3 Å². The standard InChI is InChI=1S/C21H22FN5O2/c1-15-23-6-7-27(15)20-5-2-16(13-24-20)14-25-21(28)17-3-4-19(18(22)12-17)26-8-10-29-11-9-26/h2-7,12-13H,8-11,14H2,1H3,(H,25,28). The SMILES string of the molecule is Cc1nccn1-c1ccc(CNC(=O)c2ccc(N3CCOCC3)c(F)c2)cn1. The van der Waals surface area contributed by atoms with E-state index < -0.39 is 5.82 Å². The number of hydrogen-bond donors (Lipinski definition) is 1. The maximum Gasteiger partial charge on any atom is 0.251 e. The average Bonchev–Trinajstić information content (AvgIpc) is 3.19. The van der Waals surface area contributed by atoms with E-state index >= 15 is 0 Å². The van der Waals surface area contributed by atoms with Crippen LogP contribution in [0.3, 0.4) is 0 Å². The van der Waals surface area contributed by atoms with E-state index in [4.69, 9.17) is 4.74 Å². The summed E-state index contributed by atoms with van der Waals surface area (Å²) >= 11 is 0. The van der Waals surface area contributed by atoms with E-state index in [9.17, 15) is 9.18 Å². The van der Waals surface area contributed by atoms with Crippen molar-refractivity contribution in [3.8, 4) is 5.82 Å². The van der Waals surface area contributed by atoms with Gasteiger partial charge in [0.1, 0.15) is 17.5 Å². The van der Waals surface area contributed by atoms with Gasteiger partial charge in [0.15, 0.2) is 0 Å². The molecular weight excluding hydrogens is 373 g/mol. The van der Waals surface area contributed by atoms with Gasteiger partial charge in [-0.3, -0.25) is 9.36 Å². The molecule has 4 rings (SSSR count). The number of rotatable bonds is 5. The predicted molar refractivity (Wildman–Crippen MR) is 107 cm³/mol. The largest absolute Gasteiger partial charge is 0.378 e. The number of carbonyl (C=O) groups is 1. The fourth-order valence-electron chi connectivity index (χ4n) is 3.28. The lowest BCUT2D eigenvalue weighted by atomic mass is 10.1. The van der Waals surface area contributed by atoms with Gasteiger partial charge in [0.05, 0.1) is 18.9 Å². The summed E-state index contributed by atoms with van der Waals surface area (Å²) in [5, 5.41) is 2.81. The zero-order valence-corrected chi connectivity index (χ0v) is 16.1. The Kier molecular flexibility index (Phi) is 5.53. The van der Waals surface area contributed by atoms with Crippen LogP contribution in [-0.2, 0) is 11.3 Å². The number of imidazole rings is 1. The lowest BCUT2D eigenvalue weighted by Crippen LogP contribution is -2.36. The lowest BCUT2D eigenvalue weighted by Gasteiger charge is -2.29. The fraction of sp³-hybridized carbons (Fsp3) is 0.286. The molecule has 1 aromatic carbocycles. The fourth-order valence-corrected chi connectivity index (χ4v) is 3.28. The quantitative estimate of drug-likeness (QED) is 0.719. The number of anilines is 1. The van der Waals surface area contributed by atoms with Crippen molar-refractivity contribution in [3.05, 3.63) is 71.7 Å². The molecule has 1 amide bonds. The van der Waals surface area contributed by atoms with Gasteiger partial charge < -0.3 is 15.0 Å². The monoisotopic (exact) mass is 395 g/mol. The van der Waals surface area contributed by atoms with E-state index in [0.29, 0.717) is 38.5 Å². The van der Waals surface area contributed by atoms with Crippen molar-refractivity contribution in [2.75, 3.05) is 31.2 Å². The summed E-state index contributed by atoms with van der Waals surface area (Å²) in [6.07, 6.45) is 5.26. The Bertz CT molecular complexity index is 997. The van der Waals surface area contributed by atoms with Crippen molar-refractivity contribution in [3.63, 3.8) is 0 Å². The van der Waals surface area contributed by atoms with E-state index in [2.05, 4.69) is 15.3 Å².